The molecule has 1 amide bonds. The monoisotopic (exact) mass is 254 g/mol. The lowest BCUT2D eigenvalue weighted by molar-refractivity contribution is -0.122. The van der Waals surface area contributed by atoms with Crippen molar-refractivity contribution in [3.05, 3.63) is 35.9 Å². The van der Waals surface area contributed by atoms with E-state index in [0.29, 0.717) is 5.41 Å². The van der Waals surface area contributed by atoms with Crippen molar-refractivity contribution >= 4 is 18.3 Å². The molecule has 3 nitrogen and oxygen atoms in total. The van der Waals surface area contributed by atoms with Gasteiger partial charge in [-0.1, -0.05) is 37.3 Å². The molecule has 1 aliphatic carbocycles. The highest BCUT2D eigenvalue weighted by Gasteiger charge is 2.37. The Bertz CT molecular complexity index is 376. The van der Waals surface area contributed by atoms with Gasteiger partial charge in [-0.05, 0) is 23.8 Å². The van der Waals surface area contributed by atoms with E-state index in [2.05, 4.69) is 12.2 Å². The van der Waals surface area contributed by atoms with Crippen LogP contribution in [-0.4, -0.2) is 12.5 Å². The maximum absolute atomic E-state index is 11.8. The van der Waals surface area contributed by atoms with Crippen LogP contribution < -0.4 is 11.1 Å². The van der Waals surface area contributed by atoms with Crippen molar-refractivity contribution in [2.45, 2.75) is 25.8 Å². The molecule has 1 aromatic carbocycles. The van der Waals surface area contributed by atoms with Crippen molar-refractivity contribution in [1.82, 2.24) is 5.32 Å². The highest BCUT2D eigenvalue weighted by atomic mass is 35.5. The number of hydrogen-bond donors (Lipinski definition) is 2. The van der Waals surface area contributed by atoms with Crippen LogP contribution in [0.1, 0.15) is 31.4 Å². The Labute approximate surface area is 108 Å². The molecule has 1 saturated carbocycles. The third-order valence-electron chi connectivity index (χ3n) is 3.23. The summed E-state index contributed by atoms with van der Waals surface area (Å²) in [5.74, 6) is -0.0840. The van der Waals surface area contributed by atoms with E-state index in [9.17, 15) is 4.79 Å². The SMILES string of the molecule is CC1(CNC(=O)C(N)c2ccccc2)CC1.Cl. The lowest BCUT2D eigenvalue weighted by atomic mass is 10.1. The zero-order valence-electron chi connectivity index (χ0n) is 9.98. The molecule has 17 heavy (non-hydrogen) atoms. The molecule has 1 atom stereocenters. The second-order valence-corrected chi connectivity index (χ2v) is 4.92. The summed E-state index contributed by atoms with van der Waals surface area (Å²) in [5.41, 5.74) is 7.06. The van der Waals surface area contributed by atoms with Crippen LogP contribution in [-0.2, 0) is 4.79 Å². The minimum atomic E-state index is -0.552. The van der Waals surface area contributed by atoms with Crippen LogP contribution in [0.25, 0.3) is 0 Å². The Balaban J connectivity index is 0.00000144. The lowest BCUT2D eigenvalue weighted by Gasteiger charge is -2.15. The minimum absolute atomic E-state index is 0. The van der Waals surface area contributed by atoms with Gasteiger partial charge in [-0.3, -0.25) is 4.79 Å². The number of hydrogen-bond acceptors (Lipinski definition) is 2. The molecule has 3 N–H and O–H groups in total. The van der Waals surface area contributed by atoms with Crippen LogP contribution in [0.5, 0.6) is 0 Å². The van der Waals surface area contributed by atoms with Crippen molar-refractivity contribution in [3.8, 4) is 0 Å². The molecule has 1 fully saturated rings. The Morgan fingerprint density at radius 1 is 1.41 bits per heavy atom. The molecule has 0 radical (unpaired) electrons. The summed E-state index contributed by atoms with van der Waals surface area (Å²) >= 11 is 0. The molecule has 0 bridgehead atoms. The first-order valence-electron chi connectivity index (χ1n) is 5.69. The average Bonchev–Trinajstić information content (AvgIpc) is 3.05. The fraction of sp³-hybridized carbons (Fsp3) is 0.462. The Hall–Kier alpha value is -1.06. The van der Waals surface area contributed by atoms with Gasteiger partial charge in [0.05, 0.1) is 0 Å². The number of nitrogens with one attached hydrogen (secondary N) is 1. The Morgan fingerprint density at radius 3 is 2.53 bits per heavy atom. The predicted molar refractivity (Wildman–Crippen MR) is 71.0 cm³/mol. The third-order valence-corrected chi connectivity index (χ3v) is 3.23. The van der Waals surface area contributed by atoms with Crippen LogP contribution in [0.3, 0.4) is 0 Å². The van der Waals surface area contributed by atoms with Gasteiger partial charge < -0.3 is 11.1 Å². The quantitative estimate of drug-likeness (QED) is 0.864. The molecule has 0 heterocycles. The maximum atomic E-state index is 11.8. The van der Waals surface area contributed by atoms with Crippen LogP contribution >= 0.6 is 12.4 Å². The summed E-state index contributed by atoms with van der Waals surface area (Å²) in [5, 5.41) is 2.92. The van der Waals surface area contributed by atoms with Crippen LogP contribution in [0, 0.1) is 5.41 Å². The number of carbonyl (C=O) groups excluding carboxylic acids is 1. The van der Waals surface area contributed by atoms with E-state index in [1.54, 1.807) is 0 Å². The van der Waals surface area contributed by atoms with E-state index < -0.39 is 6.04 Å². The molecule has 1 aliphatic rings. The van der Waals surface area contributed by atoms with Crippen molar-refractivity contribution in [2.24, 2.45) is 11.1 Å². The Kier molecular flexibility index (Phi) is 4.54. The summed E-state index contributed by atoms with van der Waals surface area (Å²) in [4.78, 5) is 11.8. The van der Waals surface area contributed by atoms with Crippen molar-refractivity contribution in [2.75, 3.05) is 6.54 Å². The predicted octanol–water partition coefficient (Wildman–Crippen LogP) is 2.02. The topological polar surface area (TPSA) is 55.1 Å². The first-order valence-corrected chi connectivity index (χ1v) is 5.69. The van der Waals surface area contributed by atoms with Gasteiger partial charge in [0.15, 0.2) is 0 Å². The minimum Gasteiger partial charge on any atom is -0.354 e. The van der Waals surface area contributed by atoms with Crippen molar-refractivity contribution < 1.29 is 4.79 Å². The van der Waals surface area contributed by atoms with E-state index in [1.807, 2.05) is 30.3 Å². The molecule has 1 aromatic rings. The van der Waals surface area contributed by atoms with Gasteiger partial charge in [0.1, 0.15) is 6.04 Å². The van der Waals surface area contributed by atoms with Crippen molar-refractivity contribution in [3.63, 3.8) is 0 Å². The van der Waals surface area contributed by atoms with Gasteiger partial charge in [-0.25, -0.2) is 0 Å². The largest absolute Gasteiger partial charge is 0.354 e. The number of carbonyl (C=O) groups is 1. The summed E-state index contributed by atoms with van der Waals surface area (Å²) in [6.07, 6.45) is 2.40. The maximum Gasteiger partial charge on any atom is 0.241 e. The van der Waals surface area contributed by atoms with Gasteiger partial charge in [0, 0.05) is 6.54 Å². The highest BCUT2D eigenvalue weighted by Crippen LogP contribution is 2.44. The number of rotatable bonds is 4. The number of amides is 1. The van der Waals surface area contributed by atoms with E-state index in [4.69, 9.17) is 5.73 Å². The molecule has 0 aliphatic heterocycles. The summed E-state index contributed by atoms with van der Waals surface area (Å²) in [6, 6.07) is 8.91. The zero-order valence-corrected chi connectivity index (χ0v) is 10.8. The number of benzene rings is 1. The van der Waals surface area contributed by atoms with Crippen molar-refractivity contribution in [1.29, 1.82) is 0 Å². The molecule has 4 heteroatoms. The average molecular weight is 255 g/mol. The highest BCUT2D eigenvalue weighted by molar-refractivity contribution is 5.85. The van der Waals surface area contributed by atoms with Gasteiger partial charge in [-0.2, -0.15) is 0 Å². The van der Waals surface area contributed by atoms with Gasteiger partial charge in [-0.15, -0.1) is 12.4 Å². The summed E-state index contributed by atoms with van der Waals surface area (Å²) < 4.78 is 0. The molecule has 0 spiro atoms. The number of nitrogens with two attached hydrogens (primary N) is 1. The van der Waals surface area contributed by atoms with Crippen LogP contribution in [0.2, 0.25) is 0 Å². The molecule has 1 unspecified atom stereocenters. The van der Waals surface area contributed by atoms with E-state index in [-0.39, 0.29) is 18.3 Å². The fourth-order valence-electron chi connectivity index (χ4n) is 1.61. The molecule has 94 valence electrons. The number of halogens is 1. The van der Waals surface area contributed by atoms with Crippen LogP contribution in [0.4, 0.5) is 0 Å². The van der Waals surface area contributed by atoms with E-state index >= 15 is 0 Å². The van der Waals surface area contributed by atoms with Gasteiger partial charge in [0.25, 0.3) is 0 Å². The second kappa shape index (κ2) is 5.52. The molecule has 2 rings (SSSR count). The normalized spacial score (nSPS) is 17.8. The fourth-order valence-corrected chi connectivity index (χ4v) is 1.61. The molecule has 0 aromatic heterocycles. The first-order chi connectivity index (χ1) is 7.61. The summed E-state index contributed by atoms with van der Waals surface area (Å²) in [7, 11) is 0. The van der Waals surface area contributed by atoms with Crippen LogP contribution in [0.15, 0.2) is 30.3 Å². The van der Waals surface area contributed by atoms with E-state index in [0.717, 1.165) is 12.1 Å². The molecule has 0 saturated heterocycles. The first kappa shape index (κ1) is 14.0. The van der Waals surface area contributed by atoms with E-state index in [1.165, 1.54) is 12.8 Å². The molecular formula is C13H19ClN2O. The lowest BCUT2D eigenvalue weighted by Crippen LogP contribution is -2.36. The third kappa shape index (κ3) is 3.72. The Morgan fingerprint density at radius 2 is 2.00 bits per heavy atom. The van der Waals surface area contributed by atoms with Gasteiger partial charge in [0.2, 0.25) is 5.91 Å². The second-order valence-electron chi connectivity index (χ2n) is 4.92. The van der Waals surface area contributed by atoms with Gasteiger partial charge >= 0.3 is 0 Å². The zero-order chi connectivity index (χ0) is 11.6. The smallest absolute Gasteiger partial charge is 0.241 e. The summed E-state index contributed by atoms with van der Waals surface area (Å²) in [6.45, 7) is 2.92. The molecular weight excluding hydrogens is 236 g/mol. The standard InChI is InChI=1S/C13H18N2O.ClH/c1-13(7-8-13)9-15-12(16)11(14)10-5-3-2-4-6-10;/h2-6,11H,7-9,14H2,1H3,(H,15,16);1H.